The van der Waals surface area contributed by atoms with E-state index in [4.69, 9.17) is 0 Å². The van der Waals surface area contributed by atoms with Crippen LogP contribution in [-0.2, 0) is 4.79 Å². The fourth-order valence-corrected chi connectivity index (χ4v) is 2.95. The van der Waals surface area contributed by atoms with Crippen LogP contribution < -0.4 is 10.2 Å². The molecule has 5 heteroatoms. The van der Waals surface area contributed by atoms with E-state index >= 15 is 0 Å². The molecule has 1 atom stereocenters. The molecule has 0 saturated carbocycles. The van der Waals surface area contributed by atoms with Crippen LogP contribution in [0.1, 0.15) is 12.8 Å². The predicted octanol–water partition coefficient (Wildman–Crippen LogP) is 1.23. The maximum Gasteiger partial charge on any atom is 0.239 e. The van der Waals surface area contributed by atoms with Crippen LogP contribution in [0.25, 0.3) is 0 Å². The Morgan fingerprint density at radius 1 is 1.15 bits per heavy atom. The molecule has 1 N–H and O–H groups in total. The van der Waals surface area contributed by atoms with Crippen molar-refractivity contribution in [1.82, 2.24) is 10.2 Å². The van der Waals surface area contributed by atoms with Gasteiger partial charge in [-0.05, 0) is 43.7 Å². The number of piperazine rings is 1. The van der Waals surface area contributed by atoms with Gasteiger partial charge in [0.1, 0.15) is 5.82 Å². The van der Waals surface area contributed by atoms with Crippen molar-refractivity contribution in [2.75, 3.05) is 37.6 Å². The smallest absolute Gasteiger partial charge is 0.239 e. The highest BCUT2D eigenvalue weighted by Crippen LogP contribution is 2.18. The number of nitrogens with one attached hydrogen (secondary N) is 1. The molecule has 108 valence electrons. The Kier molecular flexibility index (Phi) is 3.87. The fraction of sp³-hybridized carbons (Fsp3) is 0.533. The highest BCUT2D eigenvalue weighted by Gasteiger charge is 2.29. The van der Waals surface area contributed by atoms with E-state index < -0.39 is 0 Å². The molecule has 2 heterocycles. The summed E-state index contributed by atoms with van der Waals surface area (Å²) in [6.07, 6.45) is 2.04. The van der Waals surface area contributed by atoms with Crippen LogP contribution in [0.4, 0.5) is 10.1 Å². The number of halogens is 1. The molecule has 2 aliphatic rings. The molecule has 0 spiro atoms. The van der Waals surface area contributed by atoms with Gasteiger partial charge in [-0.25, -0.2) is 4.39 Å². The van der Waals surface area contributed by atoms with Crippen LogP contribution in [0.2, 0.25) is 0 Å². The molecule has 1 aromatic carbocycles. The number of carbonyl (C=O) groups excluding carboxylic acids is 1. The summed E-state index contributed by atoms with van der Waals surface area (Å²) >= 11 is 0. The van der Waals surface area contributed by atoms with Crippen LogP contribution in [0, 0.1) is 5.82 Å². The van der Waals surface area contributed by atoms with Crippen molar-refractivity contribution in [3.05, 3.63) is 30.1 Å². The van der Waals surface area contributed by atoms with Gasteiger partial charge >= 0.3 is 0 Å². The van der Waals surface area contributed by atoms with Crippen molar-refractivity contribution in [1.29, 1.82) is 0 Å². The van der Waals surface area contributed by atoms with Crippen molar-refractivity contribution >= 4 is 11.6 Å². The van der Waals surface area contributed by atoms with Gasteiger partial charge < -0.3 is 15.1 Å². The van der Waals surface area contributed by atoms with Crippen molar-refractivity contribution in [2.24, 2.45) is 0 Å². The van der Waals surface area contributed by atoms with Crippen molar-refractivity contribution in [3.63, 3.8) is 0 Å². The Morgan fingerprint density at radius 3 is 2.45 bits per heavy atom. The fourth-order valence-electron chi connectivity index (χ4n) is 2.95. The van der Waals surface area contributed by atoms with Gasteiger partial charge in [0, 0.05) is 31.9 Å². The molecule has 20 heavy (non-hydrogen) atoms. The highest BCUT2D eigenvalue weighted by molar-refractivity contribution is 5.82. The topological polar surface area (TPSA) is 35.6 Å². The van der Waals surface area contributed by atoms with Crippen LogP contribution >= 0.6 is 0 Å². The molecular formula is C15H20FN3O. The first-order chi connectivity index (χ1) is 9.74. The highest BCUT2D eigenvalue weighted by atomic mass is 19.1. The van der Waals surface area contributed by atoms with E-state index in [0.29, 0.717) is 0 Å². The molecule has 2 saturated heterocycles. The second kappa shape index (κ2) is 5.79. The van der Waals surface area contributed by atoms with E-state index in [1.54, 1.807) is 12.1 Å². The maximum absolute atomic E-state index is 12.9. The zero-order valence-corrected chi connectivity index (χ0v) is 11.5. The average Bonchev–Trinajstić information content (AvgIpc) is 3.02. The van der Waals surface area contributed by atoms with E-state index in [0.717, 1.165) is 51.3 Å². The zero-order valence-electron chi connectivity index (χ0n) is 11.5. The van der Waals surface area contributed by atoms with Gasteiger partial charge in [0.2, 0.25) is 5.91 Å². The van der Waals surface area contributed by atoms with Gasteiger partial charge in [-0.3, -0.25) is 4.79 Å². The van der Waals surface area contributed by atoms with Crippen molar-refractivity contribution in [2.45, 2.75) is 18.9 Å². The average molecular weight is 277 g/mol. The first-order valence-electron chi connectivity index (χ1n) is 7.27. The Labute approximate surface area is 118 Å². The lowest BCUT2D eigenvalue weighted by Gasteiger charge is -2.37. The van der Waals surface area contributed by atoms with Gasteiger partial charge in [0.15, 0.2) is 0 Å². The minimum Gasteiger partial charge on any atom is -0.368 e. The van der Waals surface area contributed by atoms with Crippen molar-refractivity contribution < 1.29 is 9.18 Å². The zero-order chi connectivity index (χ0) is 13.9. The van der Waals surface area contributed by atoms with Crippen LogP contribution in [0.5, 0.6) is 0 Å². The summed E-state index contributed by atoms with van der Waals surface area (Å²) < 4.78 is 12.9. The molecule has 0 aliphatic carbocycles. The molecule has 1 aromatic rings. The van der Waals surface area contributed by atoms with E-state index in [9.17, 15) is 9.18 Å². The standard InChI is InChI=1S/C15H20FN3O/c16-12-3-5-13(6-4-12)18-8-10-19(11-9-18)15(20)14-2-1-7-17-14/h3-6,14,17H,1-2,7-11H2/t14-/m0/s1. The number of hydrogen-bond donors (Lipinski definition) is 1. The van der Waals surface area contributed by atoms with Crippen molar-refractivity contribution in [3.8, 4) is 0 Å². The number of hydrogen-bond acceptors (Lipinski definition) is 3. The summed E-state index contributed by atoms with van der Waals surface area (Å²) in [6, 6.07) is 6.58. The lowest BCUT2D eigenvalue weighted by atomic mass is 10.1. The van der Waals surface area contributed by atoms with E-state index in [1.807, 2.05) is 4.90 Å². The first kappa shape index (κ1) is 13.4. The summed E-state index contributed by atoms with van der Waals surface area (Å²) in [7, 11) is 0. The second-order valence-electron chi connectivity index (χ2n) is 5.44. The third-order valence-electron chi connectivity index (χ3n) is 4.14. The Morgan fingerprint density at radius 2 is 1.85 bits per heavy atom. The summed E-state index contributed by atoms with van der Waals surface area (Å²) in [5.41, 5.74) is 1.03. The summed E-state index contributed by atoms with van der Waals surface area (Å²) in [5, 5.41) is 3.26. The van der Waals surface area contributed by atoms with Gasteiger partial charge in [-0.1, -0.05) is 0 Å². The lowest BCUT2D eigenvalue weighted by molar-refractivity contribution is -0.133. The normalized spacial score (nSPS) is 23.1. The van der Waals surface area contributed by atoms with E-state index in [2.05, 4.69) is 10.2 Å². The van der Waals surface area contributed by atoms with Gasteiger partial charge in [-0.2, -0.15) is 0 Å². The Bertz CT molecular complexity index is 463. The summed E-state index contributed by atoms with van der Waals surface area (Å²) in [6.45, 7) is 4.06. The van der Waals surface area contributed by atoms with Gasteiger partial charge in [-0.15, -0.1) is 0 Å². The summed E-state index contributed by atoms with van der Waals surface area (Å²) in [4.78, 5) is 16.4. The Hall–Kier alpha value is -1.62. The minimum absolute atomic E-state index is 0.0207. The SMILES string of the molecule is O=C([C@@H]1CCCN1)N1CCN(c2ccc(F)cc2)CC1. The van der Waals surface area contributed by atoms with E-state index in [1.165, 1.54) is 12.1 Å². The van der Waals surface area contributed by atoms with Crippen LogP contribution in [-0.4, -0.2) is 49.6 Å². The maximum atomic E-state index is 12.9. The largest absolute Gasteiger partial charge is 0.368 e. The third kappa shape index (κ3) is 2.77. The first-order valence-corrected chi connectivity index (χ1v) is 7.27. The number of nitrogens with zero attached hydrogens (tertiary/aromatic N) is 2. The lowest BCUT2D eigenvalue weighted by Crippen LogP contribution is -2.53. The molecule has 4 nitrogen and oxygen atoms in total. The number of anilines is 1. The molecule has 0 aromatic heterocycles. The predicted molar refractivity (Wildman–Crippen MR) is 76.2 cm³/mol. The summed E-state index contributed by atoms with van der Waals surface area (Å²) in [5.74, 6) is 0.0242. The van der Waals surface area contributed by atoms with Crippen LogP contribution in [0.15, 0.2) is 24.3 Å². The molecule has 0 bridgehead atoms. The second-order valence-corrected chi connectivity index (χ2v) is 5.44. The molecule has 2 fully saturated rings. The monoisotopic (exact) mass is 277 g/mol. The molecule has 1 amide bonds. The van der Waals surface area contributed by atoms with Gasteiger partial charge in [0.25, 0.3) is 0 Å². The third-order valence-corrected chi connectivity index (χ3v) is 4.14. The molecular weight excluding hydrogens is 257 g/mol. The molecule has 3 rings (SSSR count). The number of carbonyl (C=O) groups is 1. The quantitative estimate of drug-likeness (QED) is 0.883. The molecule has 0 radical (unpaired) electrons. The van der Waals surface area contributed by atoms with E-state index in [-0.39, 0.29) is 17.8 Å². The number of rotatable bonds is 2. The number of amides is 1. The van der Waals surface area contributed by atoms with Gasteiger partial charge in [0.05, 0.1) is 6.04 Å². The molecule has 2 aliphatic heterocycles. The molecule has 0 unspecified atom stereocenters. The minimum atomic E-state index is -0.213. The van der Waals surface area contributed by atoms with Crippen LogP contribution in [0.3, 0.4) is 0 Å². The Balaban J connectivity index is 1.56. The number of benzene rings is 1.